The standard InChI is InChI=1S/C27H36BrN3O4S/c1-19-9-8-10-20(2)26(19)31(36(4,34)35)18-25(32)30(17-22-13-15-23(28)16-14-22)21(3)27(33)29-24-11-6-5-7-12-24/h8-10,13-16,21,24H,5-7,11-12,17-18H2,1-4H3,(H,29,33). The lowest BCUT2D eigenvalue weighted by Gasteiger charge is -2.33. The molecule has 1 aliphatic rings. The fourth-order valence-corrected chi connectivity index (χ4v) is 5.94. The quantitative estimate of drug-likeness (QED) is 0.468. The van der Waals surface area contributed by atoms with Crippen molar-refractivity contribution in [3.05, 3.63) is 63.6 Å². The van der Waals surface area contributed by atoms with Crippen molar-refractivity contribution in [1.82, 2.24) is 10.2 Å². The van der Waals surface area contributed by atoms with Gasteiger partial charge in [-0.3, -0.25) is 13.9 Å². The minimum atomic E-state index is -3.76. The molecule has 2 aromatic carbocycles. The number of nitrogens with zero attached hydrogens (tertiary/aromatic N) is 2. The molecule has 0 saturated heterocycles. The average Bonchev–Trinajstić information content (AvgIpc) is 2.82. The van der Waals surface area contributed by atoms with Crippen molar-refractivity contribution in [2.45, 2.75) is 71.5 Å². The van der Waals surface area contributed by atoms with Gasteiger partial charge in [0.2, 0.25) is 21.8 Å². The third-order valence-corrected chi connectivity index (χ3v) is 8.39. The number of hydrogen-bond donors (Lipinski definition) is 1. The van der Waals surface area contributed by atoms with Crippen LogP contribution >= 0.6 is 15.9 Å². The van der Waals surface area contributed by atoms with Crippen LogP contribution in [0.25, 0.3) is 0 Å². The molecule has 0 aliphatic heterocycles. The van der Waals surface area contributed by atoms with Gasteiger partial charge in [-0.25, -0.2) is 8.42 Å². The number of benzene rings is 2. The van der Waals surface area contributed by atoms with Gasteiger partial charge in [-0.15, -0.1) is 0 Å². The first-order valence-electron chi connectivity index (χ1n) is 12.4. The third kappa shape index (κ3) is 7.32. The van der Waals surface area contributed by atoms with Gasteiger partial charge in [0.05, 0.1) is 11.9 Å². The SMILES string of the molecule is Cc1cccc(C)c1N(CC(=O)N(Cc1ccc(Br)cc1)C(C)C(=O)NC1CCCCC1)S(C)(=O)=O. The molecule has 0 aromatic heterocycles. The first kappa shape index (κ1) is 28.2. The van der Waals surface area contributed by atoms with Gasteiger partial charge in [0, 0.05) is 17.1 Å². The van der Waals surface area contributed by atoms with Gasteiger partial charge in [-0.2, -0.15) is 0 Å². The molecule has 1 saturated carbocycles. The molecule has 1 aliphatic carbocycles. The molecule has 1 fully saturated rings. The Morgan fingerprint density at radius 1 is 1.03 bits per heavy atom. The highest BCUT2D eigenvalue weighted by molar-refractivity contribution is 9.10. The molecule has 0 spiro atoms. The second kappa shape index (κ2) is 12.2. The van der Waals surface area contributed by atoms with E-state index in [1.165, 1.54) is 11.3 Å². The molecule has 9 heteroatoms. The number of sulfonamides is 1. The molecular weight excluding hydrogens is 542 g/mol. The molecule has 7 nitrogen and oxygen atoms in total. The topological polar surface area (TPSA) is 86.8 Å². The third-order valence-electron chi connectivity index (χ3n) is 6.75. The maximum Gasteiger partial charge on any atom is 0.244 e. The van der Waals surface area contributed by atoms with Crippen molar-refractivity contribution >= 4 is 43.5 Å². The van der Waals surface area contributed by atoms with Crippen molar-refractivity contribution in [3.63, 3.8) is 0 Å². The Morgan fingerprint density at radius 2 is 1.61 bits per heavy atom. The summed E-state index contributed by atoms with van der Waals surface area (Å²) in [5.41, 5.74) is 2.87. The normalized spacial score (nSPS) is 15.2. The zero-order chi connectivity index (χ0) is 26.5. The highest BCUT2D eigenvalue weighted by Crippen LogP contribution is 2.27. The summed E-state index contributed by atoms with van der Waals surface area (Å²) in [6.45, 7) is 5.16. The number of amides is 2. The maximum atomic E-state index is 13.7. The van der Waals surface area contributed by atoms with Gasteiger partial charge in [0.25, 0.3) is 0 Å². The monoisotopic (exact) mass is 577 g/mol. The number of halogens is 1. The summed E-state index contributed by atoms with van der Waals surface area (Å²) in [5.74, 6) is -0.650. The largest absolute Gasteiger partial charge is 0.352 e. The van der Waals surface area contributed by atoms with Gasteiger partial charge >= 0.3 is 0 Å². The summed E-state index contributed by atoms with van der Waals surface area (Å²) in [4.78, 5) is 28.4. The molecule has 2 aromatic rings. The summed E-state index contributed by atoms with van der Waals surface area (Å²) in [6, 6.07) is 12.4. The molecule has 2 amide bonds. The van der Waals surface area contributed by atoms with Crippen molar-refractivity contribution in [2.24, 2.45) is 0 Å². The molecular formula is C27H36BrN3O4S. The van der Waals surface area contributed by atoms with Gasteiger partial charge in [-0.05, 0) is 62.4 Å². The zero-order valence-corrected chi connectivity index (χ0v) is 23.9. The van der Waals surface area contributed by atoms with Crippen LogP contribution in [0.3, 0.4) is 0 Å². The van der Waals surface area contributed by atoms with Crippen molar-refractivity contribution in [3.8, 4) is 0 Å². The predicted octanol–water partition coefficient (Wildman–Crippen LogP) is 4.70. The Labute approximate surface area is 223 Å². The lowest BCUT2D eigenvalue weighted by molar-refractivity contribution is -0.139. The van der Waals surface area contributed by atoms with E-state index < -0.39 is 22.0 Å². The molecule has 1 atom stereocenters. The van der Waals surface area contributed by atoms with Crippen LogP contribution in [0.15, 0.2) is 46.9 Å². The van der Waals surface area contributed by atoms with Crippen LogP contribution in [0.5, 0.6) is 0 Å². The van der Waals surface area contributed by atoms with Gasteiger partial charge < -0.3 is 10.2 Å². The number of hydrogen-bond acceptors (Lipinski definition) is 4. The van der Waals surface area contributed by atoms with Crippen LogP contribution < -0.4 is 9.62 Å². The van der Waals surface area contributed by atoms with Crippen LogP contribution in [-0.4, -0.2) is 50.0 Å². The molecule has 36 heavy (non-hydrogen) atoms. The van der Waals surface area contributed by atoms with Crippen molar-refractivity contribution < 1.29 is 18.0 Å². The van der Waals surface area contributed by atoms with Crippen LogP contribution in [0.1, 0.15) is 55.7 Å². The molecule has 3 rings (SSSR count). The minimum Gasteiger partial charge on any atom is -0.352 e. The van der Waals surface area contributed by atoms with E-state index in [9.17, 15) is 18.0 Å². The number of para-hydroxylation sites is 1. The summed E-state index contributed by atoms with van der Waals surface area (Å²) in [5, 5.41) is 3.11. The Hall–Kier alpha value is -2.39. The van der Waals surface area contributed by atoms with E-state index in [1.807, 2.05) is 56.3 Å². The maximum absolute atomic E-state index is 13.7. The lowest BCUT2D eigenvalue weighted by atomic mass is 9.95. The molecule has 0 radical (unpaired) electrons. The summed E-state index contributed by atoms with van der Waals surface area (Å²) >= 11 is 3.42. The number of rotatable bonds is 9. The van der Waals surface area contributed by atoms with Crippen molar-refractivity contribution in [1.29, 1.82) is 0 Å². The van der Waals surface area contributed by atoms with E-state index in [4.69, 9.17) is 0 Å². The number of anilines is 1. The van der Waals surface area contributed by atoms with E-state index in [0.717, 1.165) is 57.4 Å². The predicted molar refractivity (Wildman–Crippen MR) is 147 cm³/mol. The highest BCUT2D eigenvalue weighted by Gasteiger charge is 2.32. The molecule has 0 heterocycles. The number of nitrogens with one attached hydrogen (secondary N) is 1. The Morgan fingerprint density at radius 3 is 2.17 bits per heavy atom. The van der Waals surface area contributed by atoms with Crippen LogP contribution in [0.2, 0.25) is 0 Å². The molecule has 1 unspecified atom stereocenters. The summed E-state index contributed by atoms with van der Waals surface area (Å²) < 4.78 is 27.7. The first-order chi connectivity index (χ1) is 17.0. The van der Waals surface area contributed by atoms with E-state index in [1.54, 1.807) is 6.92 Å². The van der Waals surface area contributed by atoms with Crippen molar-refractivity contribution in [2.75, 3.05) is 17.1 Å². The Kier molecular flexibility index (Phi) is 9.58. The minimum absolute atomic E-state index is 0.112. The fourth-order valence-electron chi connectivity index (χ4n) is 4.71. The first-order valence-corrected chi connectivity index (χ1v) is 15.0. The summed E-state index contributed by atoms with van der Waals surface area (Å²) in [7, 11) is -3.76. The van der Waals surface area contributed by atoms with Gasteiger partial charge in [0.1, 0.15) is 12.6 Å². The van der Waals surface area contributed by atoms with E-state index in [0.29, 0.717) is 5.69 Å². The van der Waals surface area contributed by atoms with E-state index in [-0.39, 0.29) is 25.0 Å². The zero-order valence-electron chi connectivity index (χ0n) is 21.5. The number of carbonyl (C=O) groups excluding carboxylic acids is 2. The van der Waals surface area contributed by atoms with Gasteiger partial charge in [-0.1, -0.05) is 65.5 Å². The van der Waals surface area contributed by atoms with Crippen LogP contribution in [-0.2, 0) is 26.2 Å². The second-order valence-electron chi connectivity index (χ2n) is 9.68. The van der Waals surface area contributed by atoms with Crippen LogP contribution in [0, 0.1) is 13.8 Å². The summed E-state index contributed by atoms with van der Waals surface area (Å²) in [6.07, 6.45) is 6.32. The lowest BCUT2D eigenvalue weighted by Crippen LogP contribution is -2.53. The average molecular weight is 579 g/mol. The van der Waals surface area contributed by atoms with Gasteiger partial charge in [0.15, 0.2) is 0 Å². The highest BCUT2D eigenvalue weighted by atomic mass is 79.9. The Bertz CT molecular complexity index is 1160. The fraction of sp³-hybridized carbons (Fsp3) is 0.481. The Balaban J connectivity index is 1.90. The smallest absolute Gasteiger partial charge is 0.244 e. The van der Waals surface area contributed by atoms with Crippen LogP contribution in [0.4, 0.5) is 5.69 Å². The molecule has 1 N–H and O–H groups in total. The van der Waals surface area contributed by atoms with E-state index in [2.05, 4.69) is 21.2 Å². The molecule has 196 valence electrons. The number of aryl methyl sites for hydroxylation is 2. The second-order valence-corrected chi connectivity index (χ2v) is 12.5. The molecule has 0 bridgehead atoms. The number of carbonyl (C=O) groups is 2. The van der Waals surface area contributed by atoms with E-state index >= 15 is 0 Å².